The Morgan fingerprint density at radius 2 is 1.71 bits per heavy atom. The van der Waals surface area contributed by atoms with Gasteiger partial charge in [0, 0.05) is 42.0 Å². The number of nitrogens with zero attached hydrogens (tertiary/aromatic N) is 5. The van der Waals surface area contributed by atoms with E-state index in [2.05, 4.69) is 15.1 Å². The van der Waals surface area contributed by atoms with Crippen molar-refractivity contribution in [2.24, 2.45) is 11.8 Å². The molecule has 0 spiro atoms. The molecule has 2 aliphatic rings. The maximum atomic E-state index is 12.8. The topological polar surface area (TPSA) is 73.1 Å². The van der Waals surface area contributed by atoms with E-state index in [4.69, 9.17) is 4.74 Å². The lowest BCUT2D eigenvalue weighted by Crippen LogP contribution is -2.30. The fraction of sp³-hybridized carbons (Fsp3) is 0.529. The molecule has 2 saturated heterocycles. The van der Waals surface area contributed by atoms with E-state index in [0.29, 0.717) is 23.5 Å². The molecule has 24 heavy (non-hydrogen) atoms. The van der Waals surface area contributed by atoms with Crippen molar-refractivity contribution in [1.82, 2.24) is 24.6 Å². The molecule has 4 heterocycles. The molecule has 2 aromatic rings. The van der Waals surface area contributed by atoms with E-state index in [1.807, 2.05) is 37.8 Å². The molecule has 7 nitrogen and oxygen atoms in total. The largest absolute Gasteiger partial charge is 0.381 e. The van der Waals surface area contributed by atoms with Gasteiger partial charge >= 0.3 is 0 Å². The summed E-state index contributed by atoms with van der Waals surface area (Å²) in [6.45, 7) is 8.81. The minimum absolute atomic E-state index is 0.0179. The molecule has 1 amide bonds. The van der Waals surface area contributed by atoms with Gasteiger partial charge in [0.25, 0.3) is 11.9 Å². The molecule has 7 heteroatoms. The van der Waals surface area contributed by atoms with Crippen molar-refractivity contribution >= 4 is 5.91 Å². The van der Waals surface area contributed by atoms with Gasteiger partial charge in [-0.15, -0.1) is 0 Å². The Bertz CT molecular complexity index is 768. The zero-order chi connectivity index (χ0) is 16.8. The van der Waals surface area contributed by atoms with E-state index in [1.165, 1.54) is 0 Å². The van der Waals surface area contributed by atoms with E-state index in [1.54, 1.807) is 4.68 Å². The predicted octanol–water partition coefficient (Wildman–Crippen LogP) is 1.31. The van der Waals surface area contributed by atoms with Crippen LogP contribution >= 0.6 is 0 Å². The number of hydrogen-bond donors (Lipinski definition) is 0. The van der Waals surface area contributed by atoms with Gasteiger partial charge in [-0.3, -0.25) is 4.79 Å². The van der Waals surface area contributed by atoms with E-state index in [9.17, 15) is 4.79 Å². The summed E-state index contributed by atoms with van der Waals surface area (Å²) in [6, 6.07) is 3.73. The third kappa shape index (κ3) is 2.58. The number of likely N-dealkylation sites (tertiary alicyclic amines) is 1. The monoisotopic (exact) mass is 327 g/mol. The number of aryl methyl sites for hydroxylation is 3. The van der Waals surface area contributed by atoms with Crippen LogP contribution in [0.25, 0.3) is 5.95 Å². The van der Waals surface area contributed by atoms with Gasteiger partial charge in [0.15, 0.2) is 5.69 Å². The molecule has 0 unspecified atom stereocenters. The third-order valence-electron chi connectivity index (χ3n) is 4.79. The zero-order valence-corrected chi connectivity index (χ0v) is 14.2. The lowest BCUT2D eigenvalue weighted by molar-refractivity contribution is 0.0745. The van der Waals surface area contributed by atoms with Crippen molar-refractivity contribution in [2.45, 2.75) is 20.8 Å². The molecular weight excluding hydrogens is 306 g/mol. The maximum Gasteiger partial charge on any atom is 0.274 e. The van der Waals surface area contributed by atoms with Crippen LogP contribution in [0.15, 0.2) is 12.1 Å². The highest BCUT2D eigenvalue weighted by atomic mass is 16.5. The smallest absolute Gasteiger partial charge is 0.274 e. The van der Waals surface area contributed by atoms with E-state index in [0.717, 1.165) is 43.4 Å². The van der Waals surface area contributed by atoms with E-state index < -0.39 is 0 Å². The van der Waals surface area contributed by atoms with Crippen molar-refractivity contribution < 1.29 is 9.53 Å². The number of carbonyl (C=O) groups excluding carboxylic acids is 1. The Kier molecular flexibility index (Phi) is 3.60. The first-order valence-corrected chi connectivity index (χ1v) is 8.27. The Labute approximate surface area is 140 Å². The molecular formula is C17H21N5O2. The lowest BCUT2D eigenvalue weighted by atomic mass is 10.0. The lowest BCUT2D eigenvalue weighted by Gasteiger charge is -2.15. The molecule has 0 N–H and O–H groups in total. The van der Waals surface area contributed by atoms with Crippen molar-refractivity contribution in [3.05, 3.63) is 34.9 Å². The van der Waals surface area contributed by atoms with Gasteiger partial charge in [-0.1, -0.05) is 0 Å². The molecule has 126 valence electrons. The van der Waals surface area contributed by atoms with Crippen LogP contribution in [0.1, 0.15) is 27.6 Å². The number of carbonyl (C=O) groups is 1. The van der Waals surface area contributed by atoms with Crippen molar-refractivity contribution in [1.29, 1.82) is 0 Å². The minimum atomic E-state index is -0.0179. The van der Waals surface area contributed by atoms with Gasteiger partial charge in [0.05, 0.1) is 13.2 Å². The number of aromatic nitrogens is 4. The molecule has 2 aromatic heterocycles. The molecule has 2 atom stereocenters. The normalized spacial score (nSPS) is 22.9. The fourth-order valence-electron chi connectivity index (χ4n) is 3.60. The molecule has 2 aliphatic heterocycles. The highest BCUT2D eigenvalue weighted by molar-refractivity contribution is 5.92. The fourth-order valence-corrected chi connectivity index (χ4v) is 3.60. The second-order valence-corrected chi connectivity index (χ2v) is 6.80. The van der Waals surface area contributed by atoms with Crippen LogP contribution in [0, 0.1) is 32.6 Å². The predicted molar refractivity (Wildman–Crippen MR) is 87.1 cm³/mol. The summed E-state index contributed by atoms with van der Waals surface area (Å²) in [5.41, 5.74) is 3.07. The summed E-state index contributed by atoms with van der Waals surface area (Å²) in [5.74, 6) is 1.44. The van der Waals surface area contributed by atoms with Crippen LogP contribution < -0.4 is 0 Å². The average Bonchev–Trinajstić information content (AvgIpc) is 3.19. The third-order valence-corrected chi connectivity index (χ3v) is 4.79. The standard InChI is InChI=1S/C17H21N5O2/c1-10-4-11(2)19-17(18-10)22-12(3)5-15(20-22)16(23)21-6-13-8-24-9-14(13)7-21/h4-5,13-14H,6-9H2,1-3H3/t13-,14+. The summed E-state index contributed by atoms with van der Waals surface area (Å²) in [6.07, 6.45) is 0. The number of hydrogen-bond acceptors (Lipinski definition) is 5. The van der Waals surface area contributed by atoms with Crippen molar-refractivity contribution in [2.75, 3.05) is 26.3 Å². The second-order valence-electron chi connectivity index (χ2n) is 6.80. The van der Waals surface area contributed by atoms with E-state index >= 15 is 0 Å². The number of fused-ring (bicyclic) bond motifs is 1. The quantitative estimate of drug-likeness (QED) is 0.831. The van der Waals surface area contributed by atoms with Crippen LogP contribution in [-0.2, 0) is 4.74 Å². The summed E-state index contributed by atoms with van der Waals surface area (Å²) in [7, 11) is 0. The minimum Gasteiger partial charge on any atom is -0.381 e. The van der Waals surface area contributed by atoms with Crippen molar-refractivity contribution in [3.8, 4) is 5.95 Å². The Hall–Kier alpha value is -2.28. The van der Waals surface area contributed by atoms with Gasteiger partial charge in [0.2, 0.25) is 0 Å². The first-order chi connectivity index (χ1) is 11.5. The van der Waals surface area contributed by atoms with Gasteiger partial charge in [-0.25, -0.2) is 14.6 Å². The highest BCUT2D eigenvalue weighted by Crippen LogP contribution is 2.30. The Balaban J connectivity index is 1.60. The summed E-state index contributed by atoms with van der Waals surface area (Å²) in [4.78, 5) is 23.5. The Morgan fingerprint density at radius 1 is 1.08 bits per heavy atom. The molecule has 2 fully saturated rings. The Morgan fingerprint density at radius 3 is 2.33 bits per heavy atom. The molecule has 4 rings (SSSR count). The van der Waals surface area contributed by atoms with Crippen LogP contribution in [-0.4, -0.2) is 56.9 Å². The number of amides is 1. The molecule has 0 bridgehead atoms. The maximum absolute atomic E-state index is 12.8. The van der Waals surface area contributed by atoms with Crippen LogP contribution in [0.2, 0.25) is 0 Å². The summed E-state index contributed by atoms with van der Waals surface area (Å²) >= 11 is 0. The molecule has 0 aliphatic carbocycles. The first-order valence-electron chi connectivity index (χ1n) is 8.27. The second kappa shape index (κ2) is 5.66. The van der Waals surface area contributed by atoms with Gasteiger partial charge < -0.3 is 9.64 Å². The van der Waals surface area contributed by atoms with Gasteiger partial charge in [-0.2, -0.15) is 5.10 Å². The van der Waals surface area contributed by atoms with Crippen LogP contribution in [0.3, 0.4) is 0 Å². The molecule has 0 radical (unpaired) electrons. The SMILES string of the molecule is Cc1cc(C)nc(-n2nc(C(=O)N3C[C@H]4COC[C@H]4C3)cc2C)n1. The average molecular weight is 327 g/mol. The highest BCUT2D eigenvalue weighted by Gasteiger charge is 2.39. The molecule has 0 saturated carbocycles. The van der Waals surface area contributed by atoms with Gasteiger partial charge in [-0.05, 0) is 32.9 Å². The van der Waals surface area contributed by atoms with Crippen LogP contribution in [0.4, 0.5) is 0 Å². The van der Waals surface area contributed by atoms with Gasteiger partial charge in [0.1, 0.15) is 0 Å². The number of rotatable bonds is 2. The van der Waals surface area contributed by atoms with Crippen molar-refractivity contribution in [3.63, 3.8) is 0 Å². The molecule has 0 aromatic carbocycles. The summed E-state index contributed by atoms with van der Waals surface area (Å²) in [5, 5.41) is 4.47. The number of ether oxygens (including phenoxy) is 1. The summed E-state index contributed by atoms with van der Waals surface area (Å²) < 4.78 is 7.12. The first kappa shape index (κ1) is 15.3. The van der Waals surface area contributed by atoms with E-state index in [-0.39, 0.29) is 5.91 Å². The van der Waals surface area contributed by atoms with Crippen LogP contribution in [0.5, 0.6) is 0 Å². The zero-order valence-electron chi connectivity index (χ0n) is 14.2.